The summed E-state index contributed by atoms with van der Waals surface area (Å²) >= 11 is 0. The third-order valence-corrected chi connectivity index (χ3v) is 5.08. The summed E-state index contributed by atoms with van der Waals surface area (Å²) in [4.78, 5) is 16.9. The molecular weight excluding hydrogens is 284 g/mol. The first kappa shape index (κ1) is 16.0. The number of carbonyl (C=O) groups is 1. The van der Waals surface area contributed by atoms with Crippen molar-refractivity contribution in [1.82, 2.24) is 9.80 Å². The Hall–Kier alpha value is -1.87. The van der Waals surface area contributed by atoms with E-state index >= 15 is 0 Å². The van der Waals surface area contributed by atoms with Crippen molar-refractivity contribution in [1.29, 1.82) is 0 Å². The van der Waals surface area contributed by atoms with E-state index in [1.54, 1.807) is 0 Å². The fraction of sp³-hybridized carbons (Fsp3) is 0.450. The maximum Gasteiger partial charge on any atom is 0.253 e. The van der Waals surface area contributed by atoms with Crippen LogP contribution in [0.2, 0.25) is 0 Å². The quantitative estimate of drug-likeness (QED) is 0.862. The van der Waals surface area contributed by atoms with Gasteiger partial charge in [-0.05, 0) is 47.9 Å². The minimum absolute atomic E-state index is 0.158. The van der Waals surface area contributed by atoms with Crippen molar-refractivity contribution < 1.29 is 4.79 Å². The molecule has 23 heavy (non-hydrogen) atoms. The number of carbonyl (C=O) groups excluding carboxylic acids is 1. The number of hydrogen-bond acceptors (Lipinski definition) is 2. The molecule has 1 unspecified atom stereocenters. The van der Waals surface area contributed by atoms with Gasteiger partial charge in [0.1, 0.15) is 0 Å². The summed E-state index contributed by atoms with van der Waals surface area (Å²) in [6, 6.07) is 12.7. The van der Waals surface area contributed by atoms with Crippen molar-refractivity contribution in [2.75, 3.05) is 33.2 Å². The minimum Gasteiger partial charge on any atom is -0.336 e. The molecule has 122 valence electrons. The first-order valence-corrected chi connectivity index (χ1v) is 8.60. The van der Waals surface area contributed by atoms with Gasteiger partial charge in [-0.3, -0.25) is 4.79 Å². The molecule has 0 saturated carbocycles. The van der Waals surface area contributed by atoms with Gasteiger partial charge in [0.2, 0.25) is 0 Å². The number of nitrogens with zero attached hydrogens (tertiary/aromatic N) is 2. The molecule has 1 aliphatic rings. The van der Waals surface area contributed by atoms with Crippen LogP contribution in [0.5, 0.6) is 0 Å². The molecule has 2 aromatic carbocycles. The van der Waals surface area contributed by atoms with Crippen LogP contribution in [0, 0.1) is 0 Å². The Morgan fingerprint density at radius 3 is 2.39 bits per heavy atom. The number of hydrogen-bond donors (Lipinski definition) is 0. The third kappa shape index (κ3) is 3.40. The van der Waals surface area contributed by atoms with Crippen molar-refractivity contribution >= 4 is 16.7 Å². The van der Waals surface area contributed by atoms with Crippen molar-refractivity contribution in [3.05, 3.63) is 47.5 Å². The Morgan fingerprint density at radius 1 is 1.04 bits per heavy atom. The van der Waals surface area contributed by atoms with E-state index < -0.39 is 0 Å². The molecule has 1 amide bonds. The Kier molecular flexibility index (Phi) is 4.67. The highest BCUT2D eigenvalue weighted by Crippen LogP contribution is 2.25. The lowest BCUT2D eigenvalue weighted by Gasteiger charge is -2.32. The Morgan fingerprint density at radius 2 is 1.70 bits per heavy atom. The van der Waals surface area contributed by atoms with Crippen LogP contribution >= 0.6 is 0 Å². The number of fused-ring (bicyclic) bond motifs is 1. The minimum atomic E-state index is 0.158. The van der Waals surface area contributed by atoms with Gasteiger partial charge in [-0.2, -0.15) is 0 Å². The van der Waals surface area contributed by atoms with Crippen LogP contribution < -0.4 is 0 Å². The average molecular weight is 310 g/mol. The lowest BCUT2D eigenvalue weighted by Crippen LogP contribution is -2.47. The van der Waals surface area contributed by atoms with E-state index in [0.29, 0.717) is 5.92 Å². The van der Waals surface area contributed by atoms with Gasteiger partial charge < -0.3 is 9.80 Å². The largest absolute Gasteiger partial charge is 0.336 e. The fourth-order valence-electron chi connectivity index (χ4n) is 3.13. The Balaban J connectivity index is 1.84. The number of benzene rings is 2. The van der Waals surface area contributed by atoms with Crippen molar-refractivity contribution in [2.24, 2.45) is 0 Å². The average Bonchev–Trinajstić information content (AvgIpc) is 2.60. The second-order valence-electron chi connectivity index (χ2n) is 6.73. The van der Waals surface area contributed by atoms with E-state index in [0.717, 1.165) is 43.5 Å². The summed E-state index contributed by atoms with van der Waals surface area (Å²) in [5.41, 5.74) is 2.18. The number of rotatable bonds is 3. The molecule has 3 heteroatoms. The normalized spacial score (nSPS) is 17.4. The molecule has 1 atom stereocenters. The first-order valence-electron chi connectivity index (χ1n) is 8.60. The van der Waals surface area contributed by atoms with Crippen molar-refractivity contribution in [2.45, 2.75) is 26.2 Å². The summed E-state index contributed by atoms with van der Waals surface area (Å²) in [7, 11) is 2.10. The molecular formula is C20H26N2O. The van der Waals surface area contributed by atoms with E-state index in [9.17, 15) is 4.79 Å². The van der Waals surface area contributed by atoms with Gasteiger partial charge in [0.05, 0.1) is 0 Å². The first-order chi connectivity index (χ1) is 11.1. The van der Waals surface area contributed by atoms with E-state index in [2.05, 4.69) is 50.1 Å². The molecule has 0 spiro atoms. The predicted molar refractivity (Wildman–Crippen MR) is 96.1 cm³/mol. The summed E-state index contributed by atoms with van der Waals surface area (Å²) in [6.07, 6.45) is 1.14. The van der Waals surface area contributed by atoms with Crippen LogP contribution in [-0.4, -0.2) is 48.9 Å². The SMILES string of the molecule is CCC(C)c1ccc2cc(C(=O)N3CCN(C)CC3)ccc2c1. The van der Waals surface area contributed by atoms with E-state index in [-0.39, 0.29) is 5.91 Å². The highest BCUT2D eigenvalue weighted by Gasteiger charge is 2.20. The Labute approximate surface area is 138 Å². The molecule has 1 heterocycles. The third-order valence-electron chi connectivity index (χ3n) is 5.08. The van der Waals surface area contributed by atoms with Crippen LogP contribution in [0.15, 0.2) is 36.4 Å². The van der Waals surface area contributed by atoms with E-state index in [4.69, 9.17) is 0 Å². The standard InChI is InChI=1S/C20H26N2O/c1-4-15(2)16-5-6-18-14-19(8-7-17(18)13-16)20(23)22-11-9-21(3)10-12-22/h5-8,13-15H,4,9-12H2,1-3H3. The molecule has 0 N–H and O–H groups in total. The monoisotopic (exact) mass is 310 g/mol. The van der Waals surface area contributed by atoms with Crippen LogP contribution in [0.3, 0.4) is 0 Å². The molecule has 0 aromatic heterocycles. The van der Waals surface area contributed by atoms with Gasteiger partial charge >= 0.3 is 0 Å². The van der Waals surface area contributed by atoms with Crippen LogP contribution in [0.25, 0.3) is 10.8 Å². The number of piperazine rings is 1. The number of amides is 1. The lowest BCUT2D eigenvalue weighted by atomic mass is 9.95. The fourth-order valence-corrected chi connectivity index (χ4v) is 3.13. The molecule has 1 aliphatic heterocycles. The van der Waals surface area contributed by atoms with Crippen LogP contribution in [0.1, 0.15) is 42.1 Å². The molecule has 0 radical (unpaired) electrons. The Bertz CT molecular complexity index is 702. The van der Waals surface area contributed by atoms with Gasteiger partial charge in [0.15, 0.2) is 0 Å². The molecule has 3 nitrogen and oxygen atoms in total. The lowest BCUT2D eigenvalue weighted by molar-refractivity contribution is 0.0664. The van der Waals surface area contributed by atoms with Crippen LogP contribution in [-0.2, 0) is 0 Å². The smallest absolute Gasteiger partial charge is 0.253 e. The second-order valence-corrected chi connectivity index (χ2v) is 6.73. The summed E-state index contributed by atoms with van der Waals surface area (Å²) in [6.45, 7) is 8.02. The molecule has 0 bridgehead atoms. The highest BCUT2D eigenvalue weighted by molar-refractivity contribution is 5.98. The summed E-state index contributed by atoms with van der Waals surface area (Å²) in [5.74, 6) is 0.733. The van der Waals surface area contributed by atoms with Gasteiger partial charge in [-0.1, -0.05) is 38.1 Å². The zero-order valence-electron chi connectivity index (χ0n) is 14.4. The van der Waals surface area contributed by atoms with Gasteiger partial charge in [-0.15, -0.1) is 0 Å². The summed E-state index contributed by atoms with van der Waals surface area (Å²) in [5, 5.41) is 2.37. The second kappa shape index (κ2) is 6.71. The molecule has 2 aromatic rings. The van der Waals surface area contributed by atoms with Gasteiger partial charge in [0.25, 0.3) is 5.91 Å². The molecule has 3 rings (SSSR count). The van der Waals surface area contributed by atoms with Crippen molar-refractivity contribution in [3.63, 3.8) is 0 Å². The zero-order valence-corrected chi connectivity index (χ0v) is 14.4. The molecule has 0 aliphatic carbocycles. The topological polar surface area (TPSA) is 23.6 Å². The molecule has 1 saturated heterocycles. The van der Waals surface area contributed by atoms with Gasteiger partial charge in [-0.25, -0.2) is 0 Å². The highest BCUT2D eigenvalue weighted by atomic mass is 16.2. The van der Waals surface area contributed by atoms with Crippen LogP contribution in [0.4, 0.5) is 0 Å². The van der Waals surface area contributed by atoms with E-state index in [1.807, 2.05) is 17.0 Å². The van der Waals surface area contributed by atoms with E-state index in [1.165, 1.54) is 10.9 Å². The zero-order chi connectivity index (χ0) is 16.4. The maximum atomic E-state index is 12.7. The number of likely N-dealkylation sites (N-methyl/N-ethyl adjacent to an activating group) is 1. The molecule has 1 fully saturated rings. The van der Waals surface area contributed by atoms with Crippen molar-refractivity contribution in [3.8, 4) is 0 Å². The maximum absolute atomic E-state index is 12.7. The van der Waals surface area contributed by atoms with Gasteiger partial charge in [0, 0.05) is 31.7 Å². The summed E-state index contributed by atoms with van der Waals surface area (Å²) < 4.78 is 0. The predicted octanol–water partition coefficient (Wildman–Crippen LogP) is 3.74.